The topological polar surface area (TPSA) is 69.6 Å². The fourth-order valence-electron chi connectivity index (χ4n) is 4.32. The summed E-state index contributed by atoms with van der Waals surface area (Å²) >= 11 is 1.56. The molecule has 1 N–H and O–H groups in total. The molecule has 2 aliphatic heterocycles. The van der Waals surface area contributed by atoms with Gasteiger partial charge >= 0.3 is 0 Å². The molecule has 6 nitrogen and oxygen atoms in total. The van der Waals surface area contributed by atoms with Gasteiger partial charge in [0.1, 0.15) is 0 Å². The lowest BCUT2D eigenvalue weighted by molar-refractivity contribution is 0.0419. The number of hydrogen-bond acceptors (Lipinski definition) is 6. The van der Waals surface area contributed by atoms with Crippen LogP contribution in [0.2, 0.25) is 0 Å². The van der Waals surface area contributed by atoms with Crippen LogP contribution in [0.3, 0.4) is 0 Å². The van der Waals surface area contributed by atoms with Gasteiger partial charge in [0.25, 0.3) is 5.91 Å². The first-order valence-corrected chi connectivity index (χ1v) is 9.91. The van der Waals surface area contributed by atoms with Gasteiger partial charge in [0.05, 0.1) is 4.88 Å². The standard InChI is InChI=1S/C19H24N4O2S/c1-14-3-4-16(26-14)17(25)22-9-5-19(6-10-22)13-23(11-15(19)12-24)18-20-7-2-8-21-18/h2-4,7-8,15,24H,5-6,9-13H2,1H3. The number of likely N-dealkylation sites (tertiary alicyclic amines) is 1. The third kappa shape index (κ3) is 3.10. The minimum absolute atomic E-state index is 0.0378. The van der Waals surface area contributed by atoms with Crippen LogP contribution in [0.15, 0.2) is 30.6 Å². The summed E-state index contributed by atoms with van der Waals surface area (Å²) in [5.74, 6) is 1.07. The molecule has 2 saturated heterocycles. The monoisotopic (exact) mass is 372 g/mol. The number of aliphatic hydroxyl groups is 1. The molecule has 0 aromatic carbocycles. The summed E-state index contributed by atoms with van der Waals surface area (Å²) in [4.78, 5) is 27.6. The molecule has 0 bridgehead atoms. The molecule has 1 amide bonds. The Labute approximate surface area is 157 Å². The van der Waals surface area contributed by atoms with Crippen molar-refractivity contribution in [3.8, 4) is 0 Å². The number of rotatable bonds is 3. The zero-order valence-corrected chi connectivity index (χ0v) is 15.8. The lowest BCUT2D eigenvalue weighted by Crippen LogP contribution is -2.47. The minimum atomic E-state index is 0.0378. The number of aromatic nitrogens is 2. The number of aliphatic hydroxyl groups excluding tert-OH is 1. The van der Waals surface area contributed by atoms with Gasteiger partial charge in [-0.3, -0.25) is 4.79 Å². The molecular weight excluding hydrogens is 348 g/mol. The highest BCUT2D eigenvalue weighted by molar-refractivity contribution is 7.13. The van der Waals surface area contributed by atoms with Crippen LogP contribution >= 0.6 is 11.3 Å². The molecule has 4 heterocycles. The van der Waals surface area contributed by atoms with Crippen molar-refractivity contribution in [1.82, 2.24) is 14.9 Å². The summed E-state index contributed by atoms with van der Waals surface area (Å²) in [5.41, 5.74) is 0.0378. The van der Waals surface area contributed by atoms with Crippen molar-refractivity contribution in [3.63, 3.8) is 0 Å². The molecule has 2 aromatic heterocycles. The van der Waals surface area contributed by atoms with E-state index in [0.717, 1.165) is 54.7 Å². The van der Waals surface area contributed by atoms with Crippen LogP contribution in [0.25, 0.3) is 0 Å². The SMILES string of the molecule is Cc1ccc(C(=O)N2CCC3(CC2)CN(c2ncccn2)CC3CO)s1. The Kier molecular flexibility index (Phi) is 4.67. The first kappa shape index (κ1) is 17.4. The molecule has 2 aliphatic rings. The Bertz CT molecular complexity index is 771. The van der Waals surface area contributed by atoms with Crippen molar-refractivity contribution in [2.75, 3.05) is 37.7 Å². The molecule has 1 spiro atoms. The number of piperidine rings is 1. The Morgan fingerprint density at radius 3 is 2.65 bits per heavy atom. The number of carbonyl (C=O) groups excluding carboxylic acids is 1. The van der Waals surface area contributed by atoms with Crippen LogP contribution in [0, 0.1) is 18.3 Å². The molecule has 1 atom stereocenters. The van der Waals surface area contributed by atoms with Crippen LogP contribution < -0.4 is 4.90 Å². The molecule has 26 heavy (non-hydrogen) atoms. The molecular formula is C19H24N4O2S. The van der Waals surface area contributed by atoms with Crippen molar-refractivity contribution >= 4 is 23.2 Å². The zero-order chi connectivity index (χ0) is 18.1. The van der Waals surface area contributed by atoms with Gasteiger partial charge in [0.2, 0.25) is 5.95 Å². The van der Waals surface area contributed by atoms with Gasteiger partial charge < -0.3 is 14.9 Å². The van der Waals surface area contributed by atoms with E-state index in [1.54, 1.807) is 23.7 Å². The molecule has 2 aromatic rings. The van der Waals surface area contributed by atoms with E-state index in [9.17, 15) is 9.90 Å². The lowest BCUT2D eigenvalue weighted by Gasteiger charge is -2.42. The normalized spacial score (nSPS) is 22.2. The molecule has 0 aliphatic carbocycles. The Morgan fingerprint density at radius 1 is 1.31 bits per heavy atom. The summed E-state index contributed by atoms with van der Waals surface area (Å²) in [6, 6.07) is 5.74. The van der Waals surface area contributed by atoms with Crippen LogP contribution in [-0.2, 0) is 0 Å². The second-order valence-corrected chi connectivity index (χ2v) is 8.66. The summed E-state index contributed by atoms with van der Waals surface area (Å²) in [7, 11) is 0. The van der Waals surface area contributed by atoms with E-state index >= 15 is 0 Å². The van der Waals surface area contributed by atoms with Crippen LogP contribution in [0.1, 0.15) is 27.4 Å². The van der Waals surface area contributed by atoms with E-state index in [2.05, 4.69) is 14.9 Å². The van der Waals surface area contributed by atoms with Crippen molar-refractivity contribution < 1.29 is 9.90 Å². The second-order valence-electron chi connectivity index (χ2n) is 7.37. The van der Waals surface area contributed by atoms with Crippen molar-refractivity contribution in [2.24, 2.45) is 11.3 Å². The number of hydrogen-bond donors (Lipinski definition) is 1. The van der Waals surface area contributed by atoms with E-state index < -0.39 is 0 Å². The van der Waals surface area contributed by atoms with Gasteiger partial charge in [-0.25, -0.2) is 9.97 Å². The summed E-state index contributed by atoms with van der Waals surface area (Å²) in [6.07, 6.45) is 5.34. The average molecular weight is 372 g/mol. The smallest absolute Gasteiger partial charge is 0.263 e. The maximum Gasteiger partial charge on any atom is 0.263 e. The highest BCUT2D eigenvalue weighted by atomic mass is 32.1. The van der Waals surface area contributed by atoms with Crippen molar-refractivity contribution in [2.45, 2.75) is 19.8 Å². The number of thiophene rings is 1. The second kappa shape index (κ2) is 6.96. The van der Waals surface area contributed by atoms with Gasteiger partial charge in [0, 0.05) is 56.0 Å². The van der Waals surface area contributed by atoms with E-state index in [1.807, 2.05) is 30.0 Å². The average Bonchev–Trinajstić information content (AvgIpc) is 3.26. The summed E-state index contributed by atoms with van der Waals surface area (Å²) in [6.45, 7) is 5.31. The fourth-order valence-corrected chi connectivity index (χ4v) is 5.15. The number of anilines is 1. The Hall–Kier alpha value is -1.99. The maximum atomic E-state index is 12.7. The largest absolute Gasteiger partial charge is 0.396 e. The van der Waals surface area contributed by atoms with E-state index in [4.69, 9.17) is 0 Å². The first-order chi connectivity index (χ1) is 12.6. The van der Waals surface area contributed by atoms with Gasteiger partial charge in [-0.1, -0.05) is 0 Å². The first-order valence-electron chi connectivity index (χ1n) is 9.10. The Balaban J connectivity index is 1.46. The maximum absolute atomic E-state index is 12.7. The fraction of sp³-hybridized carbons (Fsp3) is 0.526. The van der Waals surface area contributed by atoms with Gasteiger partial charge in [0.15, 0.2) is 0 Å². The predicted octanol–water partition coefficient (Wildman–Crippen LogP) is 2.20. The zero-order valence-electron chi connectivity index (χ0n) is 15.0. The van der Waals surface area contributed by atoms with Gasteiger partial charge in [-0.15, -0.1) is 11.3 Å². The van der Waals surface area contributed by atoms with E-state index in [1.165, 1.54) is 0 Å². The molecule has 0 saturated carbocycles. The highest BCUT2D eigenvalue weighted by Crippen LogP contribution is 2.45. The molecule has 138 valence electrons. The lowest BCUT2D eigenvalue weighted by atomic mass is 9.71. The minimum Gasteiger partial charge on any atom is -0.396 e. The van der Waals surface area contributed by atoms with E-state index in [0.29, 0.717) is 0 Å². The molecule has 0 radical (unpaired) electrons. The number of aryl methyl sites for hydroxylation is 1. The molecule has 7 heteroatoms. The summed E-state index contributed by atoms with van der Waals surface area (Å²) in [5, 5.41) is 9.96. The van der Waals surface area contributed by atoms with Crippen LogP contribution in [-0.4, -0.2) is 58.7 Å². The third-order valence-electron chi connectivity index (χ3n) is 5.87. The number of amides is 1. The van der Waals surface area contributed by atoms with Crippen molar-refractivity contribution in [1.29, 1.82) is 0 Å². The quantitative estimate of drug-likeness (QED) is 0.894. The van der Waals surface area contributed by atoms with Gasteiger partial charge in [-0.05, 0) is 43.4 Å². The number of nitrogens with zero attached hydrogens (tertiary/aromatic N) is 4. The summed E-state index contributed by atoms with van der Waals surface area (Å²) < 4.78 is 0. The molecule has 4 rings (SSSR count). The van der Waals surface area contributed by atoms with Crippen LogP contribution in [0.4, 0.5) is 5.95 Å². The predicted molar refractivity (Wildman–Crippen MR) is 101 cm³/mol. The van der Waals surface area contributed by atoms with Crippen LogP contribution in [0.5, 0.6) is 0 Å². The molecule has 2 fully saturated rings. The highest BCUT2D eigenvalue weighted by Gasteiger charge is 2.48. The number of carbonyl (C=O) groups is 1. The Morgan fingerprint density at radius 2 is 2.04 bits per heavy atom. The van der Waals surface area contributed by atoms with Crippen molar-refractivity contribution in [3.05, 3.63) is 40.3 Å². The molecule has 1 unspecified atom stereocenters. The van der Waals surface area contributed by atoms with E-state index in [-0.39, 0.29) is 23.8 Å². The van der Waals surface area contributed by atoms with Gasteiger partial charge in [-0.2, -0.15) is 0 Å². The third-order valence-corrected chi connectivity index (χ3v) is 6.85.